The molecule has 0 spiro atoms. The van der Waals surface area contributed by atoms with Gasteiger partial charge >= 0.3 is 273 Å². The number of hydrogen-bond acceptors (Lipinski definition) is 0. The van der Waals surface area contributed by atoms with E-state index >= 15 is 0 Å². The van der Waals surface area contributed by atoms with Gasteiger partial charge in [0.2, 0.25) is 0 Å². The van der Waals surface area contributed by atoms with E-state index in [0.717, 1.165) is 0 Å². The summed E-state index contributed by atoms with van der Waals surface area (Å²) in [6, 6.07) is 39.9. The molecule has 1 saturated heterocycles. The monoisotopic (exact) mass is 760 g/mol. The van der Waals surface area contributed by atoms with Gasteiger partial charge in [-0.15, -0.1) is 0 Å². The number of allylic oxidation sites excluding steroid dienone is 2. The first-order valence-electron chi connectivity index (χ1n) is 17.3. The van der Waals surface area contributed by atoms with E-state index in [4.69, 9.17) is 0 Å². The van der Waals surface area contributed by atoms with Crippen LogP contribution in [0.4, 0.5) is 0 Å². The van der Waals surface area contributed by atoms with Gasteiger partial charge in [0, 0.05) is 0 Å². The normalized spacial score (nSPS) is 20.3. The maximum atomic E-state index is 2.83. The zero-order valence-electron chi connectivity index (χ0n) is 27.2. The SMILES string of the molecule is CCCCC[Si]1(CCCCC)C2=Cc3c(-c4ccccc4)cccc3[CH]2[Hf]([CH3])([CH3])[CH]2C1=Cc1c(-c3ccccc3)cccc12. The molecular formula is C42H48HfSi. The second kappa shape index (κ2) is 12.3. The fourth-order valence-corrected chi connectivity index (χ4v) is 42.2. The van der Waals surface area contributed by atoms with Crippen molar-refractivity contribution in [3.63, 3.8) is 0 Å². The Morgan fingerprint density at radius 2 is 0.955 bits per heavy atom. The summed E-state index contributed by atoms with van der Waals surface area (Å²) in [6.07, 6.45) is 13.7. The van der Waals surface area contributed by atoms with Crippen LogP contribution in [0, 0.1) is 0 Å². The predicted octanol–water partition coefficient (Wildman–Crippen LogP) is 12.8. The molecule has 0 amide bonds. The molecule has 0 aromatic heterocycles. The number of rotatable bonds is 10. The molecule has 0 N–H and O–H groups in total. The van der Waals surface area contributed by atoms with Crippen LogP contribution in [0.25, 0.3) is 34.4 Å². The molecule has 2 atom stereocenters. The molecule has 4 aromatic carbocycles. The van der Waals surface area contributed by atoms with Crippen LogP contribution in [-0.4, -0.2) is 8.07 Å². The molecule has 2 aliphatic carbocycles. The second-order valence-electron chi connectivity index (χ2n) is 14.2. The van der Waals surface area contributed by atoms with Crippen molar-refractivity contribution in [1.82, 2.24) is 0 Å². The third-order valence-electron chi connectivity index (χ3n) is 11.3. The van der Waals surface area contributed by atoms with Crippen molar-refractivity contribution in [2.75, 3.05) is 0 Å². The van der Waals surface area contributed by atoms with Gasteiger partial charge in [0.05, 0.1) is 0 Å². The van der Waals surface area contributed by atoms with Crippen molar-refractivity contribution in [3.05, 3.63) is 130 Å². The van der Waals surface area contributed by atoms with Crippen molar-refractivity contribution in [2.45, 2.75) is 81.2 Å². The van der Waals surface area contributed by atoms with Crippen LogP contribution in [0.5, 0.6) is 0 Å². The molecule has 2 unspecified atom stereocenters. The van der Waals surface area contributed by atoms with E-state index in [1.54, 1.807) is 22.3 Å². The Balaban J connectivity index is 1.48. The van der Waals surface area contributed by atoms with Crippen LogP contribution in [0.2, 0.25) is 21.4 Å². The minimum absolute atomic E-state index is 0.699. The zero-order valence-corrected chi connectivity index (χ0v) is 31.8. The van der Waals surface area contributed by atoms with E-state index in [-0.39, 0.29) is 0 Å². The molecule has 0 radical (unpaired) electrons. The minimum atomic E-state index is -3.07. The van der Waals surface area contributed by atoms with Crippen LogP contribution in [0.15, 0.2) is 107 Å². The molecule has 0 bridgehead atoms. The predicted molar refractivity (Wildman–Crippen MR) is 191 cm³/mol. The zero-order chi connectivity index (χ0) is 30.3. The molecule has 4 aromatic rings. The van der Waals surface area contributed by atoms with Crippen molar-refractivity contribution in [2.24, 2.45) is 0 Å². The summed E-state index contributed by atoms with van der Waals surface area (Å²) in [6.45, 7) is 4.76. The molecule has 3 aliphatic rings. The molecule has 1 aliphatic heterocycles. The fraction of sp³-hybridized carbons (Fsp3) is 0.333. The first-order valence-corrected chi connectivity index (χ1v) is 31.1. The van der Waals surface area contributed by atoms with Gasteiger partial charge in [0.15, 0.2) is 0 Å². The van der Waals surface area contributed by atoms with Gasteiger partial charge in [-0.2, -0.15) is 0 Å². The summed E-state index contributed by atoms with van der Waals surface area (Å²) in [7, 11) is -1.97. The summed E-state index contributed by atoms with van der Waals surface area (Å²) in [5.74, 6) is 0. The maximum absolute atomic E-state index is 3.07. The average molecular weight is 759 g/mol. The molecule has 0 nitrogen and oxygen atoms in total. The molecule has 1 fully saturated rings. The molecule has 224 valence electrons. The second-order valence-corrected chi connectivity index (χ2v) is 35.8. The van der Waals surface area contributed by atoms with E-state index in [2.05, 4.69) is 132 Å². The Hall–Kier alpha value is -2.55. The van der Waals surface area contributed by atoms with Crippen LogP contribution in [-0.2, 0) is 20.0 Å². The van der Waals surface area contributed by atoms with Crippen LogP contribution < -0.4 is 0 Å². The average Bonchev–Trinajstić information content (AvgIpc) is 3.66. The summed E-state index contributed by atoms with van der Waals surface area (Å²) in [5, 5.41) is 3.90. The topological polar surface area (TPSA) is 0 Å². The van der Waals surface area contributed by atoms with Crippen LogP contribution in [0.3, 0.4) is 0 Å². The van der Waals surface area contributed by atoms with Gasteiger partial charge in [-0.25, -0.2) is 0 Å². The van der Waals surface area contributed by atoms with Crippen LogP contribution >= 0.6 is 0 Å². The van der Waals surface area contributed by atoms with E-state index in [9.17, 15) is 0 Å². The summed E-state index contributed by atoms with van der Waals surface area (Å²) >= 11 is -3.07. The van der Waals surface area contributed by atoms with Gasteiger partial charge in [0.25, 0.3) is 0 Å². The standard InChI is InChI=1S/C40H42Si.2CH3.Hf/c1-3-5-13-25-41(26-14-6-4-2,35-27-33-21-15-23-37(39(33)29-35)31-17-9-7-10-18-31)36-28-34-22-16-24-38(40(34)30-36)32-19-11-8-12-20-32;;;/h7-12,15-24,27-30H,3-6,13-14,25-26H2,1-2H3;2*1H3;. The first-order chi connectivity index (χ1) is 21.5. The first kappa shape index (κ1) is 30.1. The number of benzene rings is 4. The van der Waals surface area contributed by atoms with Gasteiger partial charge in [-0.3, -0.25) is 0 Å². The number of hydrogen-bond donors (Lipinski definition) is 0. The molecule has 1 heterocycles. The Kier molecular flexibility index (Phi) is 8.44. The van der Waals surface area contributed by atoms with E-state index < -0.39 is 28.0 Å². The number of fused-ring (bicyclic) bond motifs is 6. The molecular weight excluding hydrogens is 711 g/mol. The molecule has 44 heavy (non-hydrogen) atoms. The summed E-state index contributed by atoms with van der Waals surface area (Å²) in [5.41, 5.74) is 12.1. The molecule has 0 saturated carbocycles. The molecule has 2 heteroatoms. The Labute approximate surface area is 271 Å². The van der Waals surface area contributed by atoms with E-state index in [0.29, 0.717) is 7.35 Å². The van der Waals surface area contributed by atoms with Gasteiger partial charge in [-0.1, -0.05) is 0 Å². The summed E-state index contributed by atoms with van der Waals surface area (Å²) in [4.78, 5) is 0. The Morgan fingerprint density at radius 1 is 0.523 bits per heavy atom. The van der Waals surface area contributed by atoms with Gasteiger partial charge in [-0.05, 0) is 0 Å². The quantitative estimate of drug-likeness (QED) is 0.112. The van der Waals surface area contributed by atoms with Crippen LogP contribution in [0.1, 0.15) is 82.0 Å². The van der Waals surface area contributed by atoms with Crippen molar-refractivity contribution >= 4 is 20.2 Å². The van der Waals surface area contributed by atoms with Crippen molar-refractivity contribution in [3.8, 4) is 22.3 Å². The van der Waals surface area contributed by atoms with Crippen molar-refractivity contribution < 1.29 is 20.0 Å². The molecule has 7 rings (SSSR count). The number of unbranched alkanes of at least 4 members (excludes halogenated alkanes) is 4. The van der Waals surface area contributed by atoms with E-state index in [1.807, 2.05) is 10.4 Å². The Bertz CT molecular complexity index is 1580. The third-order valence-corrected chi connectivity index (χ3v) is 34.0. The van der Waals surface area contributed by atoms with Gasteiger partial charge < -0.3 is 0 Å². The third kappa shape index (κ3) is 4.87. The van der Waals surface area contributed by atoms with Crippen molar-refractivity contribution in [1.29, 1.82) is 0 Å². The van der Waals surface area contributed by atoms with Gasteiger partial charge in [0.1, 0.15) is 0 Å². The fourth-order valence-electron chi connectivity index (χ4n) is 9.36. The Morgan fingerprint density at radius 3 is 1.36 bits per heavy atom. The van der Waals surface area contributed by atoms with E-state index in [1.165, 1.54) is 72.9 Å². The summed E-state index contributed by atoms with van der Waals surface area (Å²) < 4.78 is 7.05.